The van der Waals surface area contributed by atoms with Crippen molar-refractivity contribution in [3.05, 3.63) is 35.9 Å². The second-order valence-electron chi connectivity index (χ2n) is 2.15. The first-order valence-electron chi connectivity index (χ1n) is 3.17. The van der Waals surface area contributed by atoms with Crippen molar-refractivity contribution in [3.63, 3.8) is 0 Å². The van der Waals surface area contributed by atoms with Gasteiger partial charge in [-0.15, -0.1) is 0 Å². The molecular formula is C7H11NaO3P+3. The number of aliphatic hydroxyl groups excluding tert-OH is 1. The van der Waals surface area contributed by atoms with Gasteiger partial charge in [-0.1, -0.05) is 30.3 Å². The van der Waals surface area contributed by atoms with Crippen LogP contribution in [0.3, 0.4) is 0 Å². The molecule has 3 nitrogen and oxygen atoms in total. The molecule has 0 amide bonds. The van der Waals surface area contributed by atoms with Gasteiger partial charge < -0.3 is 10.00 Å². The maximum absolute atomic E-state index is 10.4. The second-order valence-corrected chi connectivity index (χ2v) is 3.37. The van der Waals surface area contributed by atoms with Gasteiger partial charge in [0.2, 0.25) is 8.03 Å². The molecule has 1 aromatic carbocycles. The summed E-state index contributed by atoms with van der Waals surface area (Å²) in [7, 11) is -2.86. The number of rotatable bonds is 2. The molecule has 0 aliphatic rings. The standard InChI is InChI=1S/C7H9O3P.Na/c8-7(11(9)10)6-4-2-1-3-5-6;/h1-5,7-8,11H,(H,9,10);/q;+1/p+2. The molecule has 0 aliphatic heterocycles. The predicted octanol–water partition coefficient (Wildman–Crippen LogP) is -1.63. The number of benzene rings is 1. The van der Waals surface area contributed by atoms with E-state index in [1.807, 2.05) is 0 Å². The van der Waals surface area contributed by atoms with E-state index in [-0.39, 0.29) is 32.4 Å². The van der Waals surface area contributed by atoms with Crippen LogP contribution in [0, 0.1) is 0 Å². The third-order valence-corrected chi connectivity index (χ3v) is 2.15. The average Bonchev–Trinajstić information content (AvgIpc) is 2.05. The maximum atomic E-state index is 10.4. The number of hydrogen-bond donors (Lipinski definition) is 2. The molecule has 0 spiro atoms. The van der Waals surface area contributed by atoms with Gasteiger partial charge >= 0.3 is 32.4 Å². The molecular weight excluding hydrogens is 186 g/mol. The zero-order chi connectivity index (χ0) is 8.27. The van der Waals surface area contributed by atoms with Gasteiger partial charge in [-0.2, -0.15) is 0 Å². The Morgan fingerprint density at radius 2 is 1.83 bits per heavy atom. The molecule has 2 N–H and O–H groups in total. The number of hydrogen-bond acceptors (Lipinski definition) is 2. The van der Waals surface area contributed by atoms with Gasteiger partial charge in [0.25, 0.3) is 0 Å². The zero-order valence-corrected chi connectivity index (χ0v) is 9.77. The molecule has 0 heterocycles. The molecule has 5 heteroatoms. The van der Waals surface area contributed by atoms with E-state index < -0.39 is 13.9 Å². The molecule has 0 saturated carbocycles. The van der Waals surface area contributed by atoms with Crippen molar-refractivity contribution in [3.8, 4) is 0 Å². The Morgan fingerprint density at radius 1 is 1.33 bits per heavy atom. The Labute approximate surface area is 96.6 Å². The third-order valence-electron chi connectivity index (χ3n) is 1.35. The molecule has 0 saturated heterocycles. The van der Waals surface area contributed by atoms with Gasteiger partial charge in [0.15, 0.2) is 5.85 Å². The Kier molecular flexibility index (Phi) is 6.10. The first-order valence-corrected chi connectivity index (χ1v) is 4.61. The SMILES string of the molecule is O=[PH](O)C(O)c1ccccc1.[H+].[H+].[Na+]. The quantitative estimate of drug-likeness (QED) is 0.442. The van der Waals surface area contributed by atoms with Crippen LogP contribution in [0.15, 0.2) is 30.3 Å². The van der Waals surface area contributed by atoms with Crippen molar-refractivity contribution >= 4 is 8.03 Å². The average molecular weight is 197 g/mol. The van der Waals surface area contributed by atoms with E-state index in [9.17, 15) is 4.57 Å². The molecule has 0 fully saturated rings. The van der Waals surface area contributed by atoms with Crippen LogP contribution in [0.5, 0.6) is 0 Å². The second kappa shape index (κ2) is 5.92. The maximum Gasteiger partial charge on any atom is 1.00 e. The monoisotopic (exact) mass is 197 g/mol. The predicted molar refractivity (Wildman–Crippen MR) is 44.8 cm³/mol. The van der Waals surface area contributed by atoms with Crippen LogP contribution in [-0.2, 0) is 4.57 Å². The first-order chi connectivity index (χ1) is 5.22. The van der Waals surface area contributed by atoms with Crippen molar-refractivity contribution in [1.82, 2.24) is 0 Å². The summed E-state index contributed by atoms with van der Waals surface area (Å²) in [4.78, 5) is 8.57. The fourth-order valence-electron chi connectivity index (χ4n) is 0.778. The van der Waals surface area contributed by atoms with E-state index in [2.05, 4.69) is 0 Å². The fraction of sp³-hybridized carbons (Fsp3) is 0.143. The summed E-state index contributed by atoms with van der Waals surface area (Å²) >= 11 is 0. The summed E-state index contributed by atoms with van der Waals surface area (Å²) in [6, 6.07) is 8.43. The van der Waals surface area contributed by atoms with Gasteiger partial charge in [-0.05, 0) is 5.56 Å². The smallest absolute Gasteiger partial charge is 0.378 e. The zero-order valence-electron chi connectivity index (χ0n) is 8.77. The first kappa shape index (κ1) is 12.4. The minimum absolute atomic E-state index is 0. The van der Waals surface area contributed by atoms with Crippen molar-refractivity contribution in [2.24, 2.45) is 0 Å². The van der Waals surface area contributed by atoms with Crippen LogP contribution < -0.4 is 29.6 Å². The van der Waals surface area contributed by atoms with Crippen molar-refractivity contribution in [1.29, 1.82) is 0 Å². The molecule has 12 heavy (non-hydrogen) atoms. The molecule has 1 rings (SSSR count). The minimum atomic E-state index is -2.86. The molecule has 1 aromatic rings. The van der Waals surface area contributed by atoms with E-state index in [1.54, 1.807) is 30.3 Å². The topological polar surface area (TPSA) is 57.5 Å². The molecule has 0 bridgehead atoms. The van der Waals surface area contributed by atoms with Gasteiger partial charge in [-0.25, -0.2) is 0 Å². The van der Waals surface area contributed by atoms with Gasteiger partial charge in [0, 0.05) is 0 Å². The van der Waals surface area contributed by atoms with E-state index in [1.165, 1.54) is 0 Å². The summed E-state index contributed by atoms with van der Waals surface area (Å²) in [5.41, 5.74) is 0.485. The number of aliphatic hydroxyl groups is 1. The summed E-state index contributed by atoms with van der Waals surface area (Å²) < 4.78 is 10.4. The van der Waals surface area contributed by atoms with Crippen LogP contribution in [0.1, 0.15) is 14.3 Å². The van der Waals surface area contributed by atoms with Gasteiger partial charge in [0.05, 0.1) is 0 Å². The molecule has 2 unspecified atom stereocenters. The Hall–Kier alpha value is 0.370. The van der Waals surface area contributed by atoms with Crippen LogP contribution in [0.2, 0.25) is 0 Å². The van der Waals surface area contributed by atoms with Gasteiger partial charge in [0.1, 0.15) is 0 Å². The van der Waals surface area contributed by atoms with Crippen LogP contribution in [-0.4, -0.2) is 10.00 Å². The van der Waals surface area contributed by atoms with Crippen LogP contribution in [0.25, 0.3) is 0 Å². The normalized spacial score (nSPS) is 14.5. The molecule has 60 valence electrons. The molecule has 2 atom stereocenters. The van der Waals surface area contributed by atoms with E-state index >= 15 is 0 Å². The van der Waals surface area contributed by atoms with E-state index in [0.29, 0.717) is 5.56 Å². The van der Waals surface area contributed by atoms with Crippen LogP contribution in [0.4, 0.5) is 0 Å². The Bertz CT molecular complexity index is 260. The largest absolute Gasteiger partial charge is 1.00 e. The Balaban J connectivity index is -0.000000403. The summed E-state index contributed by atoms with van der Waals surface area (Å²) in [6.07, 6.45) is 0. The van der Waals surface area contributed by atoms with E-state index in [4.69, 9.17) is 10.00 Å². The summed E-state index contributed by atoms with van der Waals surface area (Å²) in [5.74, 6) is -1.22. The fourth-order valence-corrected chi connectivity index (χ4v) is 1.26. The minimum Gasteiger partial charge on any atom is -0.378 e. The molecule has 0 aliphatic carbocycles. The van der Waals surface area contributed by atoms with Crippen molar-refractivity contribution < 1.29 is 47.0 Å². The third kappa shape index (κ3) is 3.40. The molecule has 0 aromatic heterocycles. The van der Waals surface area contributed by atoms with Gasteiger partial charge in [-0.3, -0.25) is 4.57 Å². The van der Waals surface area contributed by atoms with Crippen molar-refractivity contribution in [2.75, 3.05) is 0 Å². The molecule has 0 radical (unpaired) electrons. The van der Waals surface area contributed by atoms with Crippen molar-refractivity contribution in [2.45, 2.75) is 5.85 Å². The summed E-state index contributed by atoms with van der Waals surface area (Å²) in [5, 5.41) is 9.08. The summed E-state index contributed by atoms with van der Waals surface area (Å²) in [6.45, 7) is 0. The Morgan fingerprint density at radius 3 is 2.25 bits per heavy atom. The van der Waals surface area contributed by atoms with Crippen LogP contribution >= 0.6 is 8.03 Å². The van der Waals surface area contributed by atoms with E-state index in [0.717, 1.165) is 0 Å².